The number of thioether (sulfide) groups is 1. The Balaban J connectivity index is 1.92. The van der Waals surface area contributed by atoms with Gasteiger partial charge in [0.1, 0.15) is 6.07 Å². The zero-order valence-corrected chi connectivity index (χ0v) is 11.7. The van der Waals surface area contributed by atoms with Gasteiger partial charge in [-0.1, -0.05) is 6.07 Å². The summed E-state index contributed by atoms with van der Waals surface area (Å²) in [4.78, 5) is 3.85. The molecule has 0 spiro atoms. The van der Waals surface area contributed by atoms with Crippen molar-refractivity contribution in [3.63, 3.8) is 0 Å². The minimum absolute atomic E-state index is 0.619. The summed E-state index contributed by atoms with van der Waals surface area (Å²) in [5.41, 5.74) is 3.73. The maximum absolute atomic E-state index is 9.35. The lowest BCUT2D eigenvalue weighted by Gasteiger charge is -2.33. The topological polar surface area (TPSA) is 39.1 Å². The van der Waals surface area contributed by atoms with Crippen LogP contribution in [-0.4, -0.2) is 31.4 Å². The molecule has 0 amide bonds. The van der Waals surface area contributed by atoms with E-state index >= 15 is 0 Å². The smallest absolute Gasteiger partial charge is 0.100 e. The molecule has 0 radical (unpaired) electrons. The lowest BCUT2D eigenvalue weighted by atomic mass is 9.90. The number of nitrogens with one attached hydrogen (secondary N) is 1. The molecule has 3 aliphatic rings. The van der Waals surface area contributed by atoms with Crippen LogP contribution in [0, 0.1) is 11.3 Å². The van der Waals surface area contributed by atoms with Gasteiger partial charge in [-0.05, 0) is 36.8 Å². The van der Waals surface area contributed by atoms with Gasteiger partial charge in [-0.15, -0.1) is 11.8 Å². The summed E-state index contributed by atoms with van der Waals surface area (Å²) in [5, 5.41) is 12.9. The van der Waals surface area contributed by atoms with E-state index in [1.54, 1.807) is 0 Å². The van der Waals surface area contributed by atoms with Gasteiger partial charge in [-0.25, -0.2) is 0 Å². The highest BCUT2D eigenvalue weighted by molar-refractivity contribution is 7.99. The van der Waals surface area contributed by atoms with Crippen molar-refractivity contribution in [2.24, 2.45) is 0 Å². The van der Waals surface area contributed by atoms with Crippen molar-refractivity contribution >= 4 is 17.4 Å². The third-order valence-electron chi connectivity index (χ3n) is 4.61. The van der Waals surface area contributed by atoms with E-state index in [1.165, 1.54) is 29.0 Å². The van der Waals surface area contributed by atoms with Gasteiger partial charge in [0, 0.05) is 29.9 Å². The van der Waals surface area contributed by atoms with E-state index in [9.17, 15) is 5.26 Å². The average Bonchev–Trinajstić information content (AvgIpc) is 2.62. The summed E-state index contributed by atoms with van der Waals surface area (Å²) < 4.78 is 0. The summed E-state index contributed by atoms with van der Waals surface area (Å²) in [6.45, 7) is 3.37. The van der Waals surface area contributed by atoms with Crippen LogP contribution in [0.3, 0.4) is 0 Å². The molecule has 1 saturated heterocycles. The zero-order valence-electron chi connectivity index (χ0n) is 10.9. The SMILES string of the molecule is N#Cc1ccc2c3c1SCCCN3[C@H]1CCNC[C@@H]21. The van der Waals surface area contributed by atoms with Crippen LogP contribution in [0.1, 0.15) is 29.9 Å². The first-order valence-corrected chi connectivity index (χ1v) is 8.06. The molecule has 3 nitrogen and oxygen atoms in total. The van der Waals surface area contributed by atoms with E-state index in [0.29, 0.717) is 12.0 Å². The normalized spacial score (nSPS) is 28.3. The first-order chi connectivity index (χ1) is 9.40. The van der Waals surface area contributed by atoms with Crippen LogP contribution in [0.25, 0.3) is 0 Å². The van der Waals surface area contributed by atoms with E-state index in [0.717, 1.165) is 31.0 Å². The highest BCUT2D eigenvalue weighted by atomic mass is 32.2. The maximum atomic E-state index is 9.35. The first kappa shape index (κ1) is 11.6. The van der Waals surface area contributed by atoms with E-state index in [2.05, 4.69) is 22.4 Å². The summed E-state index contributed by atoms with van der Waals surface area (Å²) in [6.07, 6.45) is 2.45. The average molecular weight is 271 g/mol. The van der Waals surface area contributed by atoms with Crippen molar-refractivity contribution in [3.8, 4) is 6.07 Å². The second kappa shape index (κ2) is 4.43. The van der Waals surface area contributed by atoms with Crippen molar-refractivity contribution in [2.75, 3.05) is 30.3 Å². The van der Waals surface area contributed by atoms with Gasteiger partial charge in [0.05, 0.1) is 11.3 Å². The van der Waals surface area contributed by atoms with Crippen LogP contribution in [0.2, 0.25) is 0 Å². The van der Waals surface area contributed by atoms with Gasteiger partial charge in [0.25, 0.3) is 0 Å². The van der Waals surface area contributed by atoms with Crippen molar-refractivity contribution in [2.45, 2.75) is 29.7 Å². The van der Waals surface area contributed by atoms with Gasteiger partial charge in [0.15, 0.2) is 0 Å². The minimum Gasteiger partial charge on any atom is -0.367 e. The maximum Gasteiger partial charge on any atom is 0.100 e. The van der Waals surface area contributed by atoms with Gasteiger partial charge in [-0.2, -0.15) is 5.26 Å². The van der Waals surface area contributed by atoms with Crippen molar-refractivity contribution < 1.29 is 0 Å². The number of hydrogen-bond donors (Lipinski definition) is 1. The molecule has 1 aromatic rings. The molecule has 98 valence electrons. The number of benzene rings is 1. The zero-order chi connectivity index (χ0) is 12.8. The molecule has 3 aliphatic heterocycles. The fourth-order valence-corrected chi connectivity index (χ4v) is 4.92. The van der Waals surface area contributed by atoms with Crippen LogP contribution >= 0.6 is 11.8 Å². The van der Waals surface area contributed by atoms with Gasteiger partial charge >= 0.3 is 0 Å². The summed E-state index contributed by atoms with van der Waals surface area (Å²) >= 11 is 1.88. The standard InChI is InChI=1S/C15H17N3S/c16-8-10-2-3-11-12-9-17-5-4-13(12)18-6-1-7-19-15(10)14(11)18/h2-3,12-13,17H,1,4-7,9H2/t12-,13-/m0/s1. The predicted molar refractivity (Wildman–Crippen MR) is 77.9 cm³/mol. The lowest BCUT2D eigenvalue weighted by Crippen LogP contribution is -2.44. The fourth-order valence-electron chi connectivity index (χ4n) is 3.80. The van der Waals surface area contributed by atoms with Crippen LogP contribution in [0.15, 0.2) is 17.0 Å². The van der Waals surface area contributed by atoms with Gasteiger partial charge < -0.3 is 10.2 Å². The Morgan fingerprint density at radius 3 is 3.26 bits per heavy atom. The molecule has 1 N–H and O–H groups in total. The van der Waals surface area contributed by atoms with E-state index < -0.39 is 0 Å². The van der Waals surface area contributed by atoms with Crippen LogP contribution in [0.5, 0.6) is 0 Å². The predicted octanol–water partition coefficient (Wildman–Crippen LogP) is 2.32. The summed E-state index contributed by atoms with van der Waals surface area (Å²) in [6, 6.07) is 7.26. The molecule has 0 bridgehead atoms. The third-order valence-corrected chi connectivity index (χ3v) is 5.80. The Hall–Kier alpha value is -1.18. The first-order valence-electron chi connectivity index (χ1n) is 7.07. The third kappa shape index (κ3) is 1.62. The van der Waals surface area contributed by atoms with Crippen molar-refractivity contribution in [1.29, 1.82) is 5.26 Å². The second-order valence-electron chi connectivity index (χ2n) is 5.55. The fraction of sp³-hybridized carbons (Fsp3) is 0.533. The van der Waals surface area contributed by atoms with Crippen LogP contribution in [0.4, 0.5) is 5.69 Å². The summed E-state index contributed by atoms with van der Waals surface area (Å²) in [5.74, 6) is 1.76. The lowest BCUT2D eigenvalue weighted by molar-refractivity contribution is 0.403. The van der Waals surface area contributed by atoms with E-state index in [4.69, 9.17) is 0 Å². The highest BCUT2D eigenvalue weighted by Gasteiger charge is 2.42. The van der Waals surface area contributed by atoms with Crippen molar-refractivity contribution in [3.05, 3.63) is 23.3 Å². The molecular formula is C15H17N3S. The molecule has 19 heavy (non-hydrogen) atoms. The Morgan fingerprint density at radius 1 is 1.42 bits per heavy atom. The molecule has 4 heteroatoms. The Bertz CT molecular complexity index is 563. The molecular weight excluding hydrogens is 254 g/mol. The number of nitriles is 1. The molecule has 0 aromatic heterocycles. The Morgan fingerprint density at radius 2 is 2.37 bits per heavy atom. The van der Waals surface area contributed by atoms with Crippen LogP contribution in [-0.2, 0) is 0 Å². The molecule has 0 unspecified atom stereocenters. The molecule has 0 saturated carbocycles. The van der Waals surface area contributed by atoms with E-state index in [-0.39, 0.29) is 0 Å². The van der Waals surface area contributed by atoms with Crippen LogP contribution < -0.4 is 10.2 Å². The number of hydrogen-bond acceptors (Lipinski definition) is 4. The number of fused-ring (bicyclic) bond motifs is 3. The van der Waals surface area contributed by atoms with E-state index in [1.807, 2.05) is 17.8 Å². The molecule has 4 rings (SSSR count). The van der Waals surface area contributed by atoms with Gasteiger partial charge in [0.2, 0.25) is 0 Å². The monoisotopic (exact) mass is 271 g/mol. The number of anilines is 1. The molecule has 2 atom stereocenters. The molecule has 0 aliphatic carbocycles. The number of piperidine rings is 1. The molecule has 1 aromatic carbocycles. The minimum atomic E-state index is 0.619. The number of rotatable bonds is 0. The second-order valence-corrected chi connectivity index (χ2v) is 6.66. The largest absolute Gasteiger partial charge is 0.367 e. The molecule has 1 fully saturated rings. The Kier molecular flexibility index (Phi) is 2.71. The van der Waals surface area contributed by atoms with Crippen molar-refractivity contribution in [1.82, 2.24) is 5.32 Å². The molecule has 3 heterocycles. The Labute approximate surface area is 118 Å². The highest BCUT2D eigenvalue weighted by Crippen LogP contribution is 2.50. The van der Waals surface area contributed by atoms with Gasteiger partial charge in [-0.3, -0.25) is 0 Å². The summed E-state index contributed by atoms with van der Waals surface area (Å²) in [7, 11) is 0. The number of nitrogens with zero attached hydrogens (tertiary/aromatic N) is 2. The quantitative estimate of drug-likeness (QED) is 0.786.